The van der Waals surface area contributed by atoms with Crippen molar-refractivity contribution < 1.29 is 28.2 Å². The van der Waals surface area contributed by atoms with Gasteiger partial charge in [0.1, 0.15) is 11.4 Å². The fourth-order valence-corrected chi connectivity index (χ4v) is 3.90. The van der Waals surface area contributed by atoms with Crippen molar-refractivity contribution in [3.63, 3.8) is 0 Å². The lowest BCUT2D eigenvalue weighted by molar-refractivity contribution is 0.0696. The molecule has 1 aromatic heterocycles. The lowest BCUT2D eigenvalue weighted by atomic mass is 10.1. The lowest BCUT2D eigenvalue weighted by Crippen LogP contribution is -2.12. The van der Waals surface area contributed by atoms with Gasteiger partial charge in [0.25, 0.3) is 5.91 Å². The molecule has 9 nitrogen and oxygen atoms in total. The number of aromatic nitrogens is 2. The Hall–Kier alpha value is -4.44. The quantitative estimate of drug-likeness (QED) is 0.361. The zero-order valence-electron chi connectivity index (χ0n) is 17.8. The van der Waals surface area contributed by atoms with Crippen molar-refractivity contribution in [1.29, 1.82) is 0 Å². The number of nitrogens with one attached hydrogen (secondary N) is 1. The first-order valence-electron chi connectivity index (χ1n) is 9.97. The van der Waals surface area contributed by atoms with Crippen LogP contribution in [0.5, 0.6) is 5.75 Å². The summed E-state index contributed by atoms with van der Waals surface area (Å²) in [4.78, 5) is 24.4. The number of nitrogens with zero attached hydrogens (tertiary/aromatic N) is 2. The van der Waals surface area contributed by atoms with Crippen LogP contribution in [0.3, 0.4) is 0 Å². The Morgan fingerprint density at radius 1 is 0.941 bits per heavy atom. The van der Waals surface area contributed by atoms with Crippen molar-refractivity contribution in [3.8, 4) is 22.7 Å². The van der Waals surface area contributed by atoms with Gasteiger partial charge >= 0.3 is 5.97 Å². The lowest BCUT2D eigenvalue weighted by Gasteiger charge is -2.07. The maximum atomic E-state index is 13.1. The number of phenols is 1. The highest BCUT2D eigenvalue weighted by Crippen LogP contribution is 2.28. The molecule has 0 aliphatic carbocycles. The molecule has 0 spiro atoms. The average Bonchev–Trinajstić information content (AvgIpc) is 3.26. The van der Waals surface area contributed by atoms with Crippen molar-refractivity contribution >= 4 is 27.4 Å². The van der Waals surface area contributed by atoms with Gasteiger partial charge in [0, 0.05) is 18.0 Å². The number of sulfone groups is 1. The first-order chi connectivity index (χ1) is 16.1. The van der Waals surface area contributed by atoms with E-state index < -0.39 is 21.7 Å². The number of para-hydroxylation sites is 2. The minimum Gasteiger partial charge on any atom is -0.506 e. The molecule has 0 atom stereocenters. The molecule has 0 radical (unpaired) electrons. The molecule has 34 heavy (non-hydrogen) atoms. The van der Waals surface area contributed by atoms with Gasteiger partial charge in [0.05, 0.1) is 27.4 Å². The number of hydrogen-bond acceptors (Lipinski definition) is 6. The minimum absolute atomic E-state index is 0.102. The van der Waals surface area contributed by atoms with E-state index in [2.05, 4.69) is 10.4 Å². The molecule has 0 bridgehead atoms. The molecule has 4 aromatic rings. The molecule has 0 unspecified atom stereocenters. The molecule has 4 rings (SSSR count). The van der Waals surface area contributed by atoms with Crippen LogP contribution < -0.4 is 5.32 Å². The van der Waals surface area contributed by atoms with Crippen molar-refractivity contribution in [1.82, 2.24) is 9.78 Å². The first-order valence-corrected chi connectivity index (χ1v) is 11.9. The minimum atomic E-state index is -3.40. The van der Waals surface area contributed by atoms with Crippen LogP contribution in [0.25, 0.3) is 16.9 Å². The standard InChI is InChI=1S/C24H19N3O6S/c1-34(32,33)18-12-8-15(9-13-18)22-19(23(29)25-20-4-2-3-5-21(20)28)14-27(26-22)17-10-6-16(7-11-17)24(30)31/h2-14,28H,1H3,(H,25,29)(H,30,31). The molecule has 10 heteroatoms. The highest BCUT2D eigenvalue weighted by atomic mass is 32.2. The Kier molecular flexibility index (Phi) is 5.91. The Morgan fingerprint density at radius 2 is 1.59 bits per heavy atom. The number of aromatic carboxylic acids is 1. The van der Waals surface area contributed by atoms with Crippen LogP contribution in [0.1, 0.15) is 20.7 Å². The number of hydrogen-bond donors (Lipinski definition) is 3. The number of carbonyl (C=O) groups excluding carboxylic acids is 1. The largest absolute Gasteiger partial charge is 0.506 e. The molecule has 172 valence electrons. The van der Waals surface area contributed by atoms with Gasteiger partial charge in [-0.25, -0.2) is 17.9 Å². The zero-order valence-corrected chi connectivity index (χ0v) is 18.7. The second kappa shape index (κ2) is 8.83. The van der Waals surface area contributed by atoms with E-state index in [0.717, 1.165) is 6.26 Å². The van der Waals surface area contributed by atoms with Crippen LogP contribution in [0.15, 0.2) is 83.9 Å². The van der Waals surface area contributed by atoms with E-state index in [0.29, 0.717) is 11.3 Å². The summed E-state index contributed by atoms with van der Waals surface area (Å²) in [5, 5.41) is 26.3. The molecule has 0 aliphatic rings. The van der Waals surface area contributed by atoms with E-state index in [-0.39, 0.29) is 33.2 Å². The Morgan fingerprint density at radius 3 is 2.18 bits per heavy atom. The van der Waals surface area contributed by atoms with Crippen LogP contribution in [0.4, 0.5) is 5.69 Å². The summed E-state index contributed by atoms with van der Waals surface area (Å²) in [6.07, 6.45) is 2.58. The third kappa shape index (κ3) is 4.66. The predicted molar refractivity (Wildman–Crippen MR) is 125 cm³/mol. The number of anilines is 1. The third-order valence-corrected chi connectivity index (χ3v) is 6.17. The van der Waals surface area contributed by atoms with Crippen molar-refractivity contribution in [3.05, 3.63) is 90.1 Å². The molecule has 3 aromatic carbocycles. The summed E-state index contributed by atoms with van der Waals surface area (Å²) in [5.74, 6) is -1.72. The van der Waals surface area contributed by atoms with Gasteiger partial charge in [0.2, 0.25) is 0 Å². The molecule has 0 fully saturated rings. The monoisotopic (exact) mass is 477 g/mol. The van der Waals surface area contributed by atoms with E-state index in [4.69, 9.17) is 5.11 Å². The number of benzene rings is 3. The van der Waals surface area contributed by atoms with E-state index in [9.17, 15) is 23.1 Å². The molecule has 0 saturated carbocycles. The van der Waals surface area contributed by atoms with Gasteiger partial charge in [-0.1, -0.05) is 24.3 Å². The molecule has 3 N–H and O–H groups in total. The van der Waals surface area contributed by atoms with Gasteiger partial charge in [0.15, 0.2) is 9.84 Å². The van der Waals surface area contributed by atoms with Crippen LogP contribution >= 0.6 is 0 Å². The van der Waals surface area contributed by atoms with Gasteiger partial charge in [-0.05, 0) is 48.5 Å². The highest BCUT2D eigenvalue weighted by molar-refractivity contribution is 7.90. The van der Waals surface area contributed by atoms with Crippen molar-refractivity contribution in [2.75, 3.05) is 11.6 Å². The summed E-state index contributed by atoms with van der Waals surface area (Å²) in [5.41, 5.74) is 1.76. The first kappa shape index (κ1) is 22.7. The van der Waals surface area contributed by atoms with E-state index in [1.807, 2.05) is 0 Å². The number of amides is 1. The van der Waals surface area contributed by atoms with Crippen molar-refractivity contribution in [2.24, 2.45) is 0 Å². The Balaban J connectivity index is 1.78. The number of carboxylic acid groups (broad SMARTS) is 1. The highest BCUT2D eigenvalue weighted by Gasteiger charge is 2.20. The number of carbonyl (C=O) groups is 2. The van der Waals surface area contributed by atoms with Gasteiger partial charge in [-0.2, -0.15) is 5.10 Å². The van der Waals surface area contributed by atoms with E-state index in [1.165, 1.54) is 41.2 Å². The second-order valence-electron chi connectivity index (χ2n) is 7.46. The Labute approximate surface area is 194 Å². The summed E-state index contributed by atoms with van der Waals surface area (Å²) in [6.45, 7) is 0. The SMILES string of the molecule is CS(=O)(=O)c1ccc(-c2nn(-c3ccc(C(=O)O)cc3)cc2C(=O)Nc2ccccc2O)cc1. The Bertz CT molecular complexity index is 1490. The van der Waals surface area contributed by atoms with Crippen LogP contribution in [0, 0.1) is 0 Å². The molecular formula is C24H19N3O6S. The molecule has 0 saturated heterocycles. The molecule has 0 aliphatic heterocycles. The maximum absolute atomic E-state index is 13.1. The van der Waals surface area contributed by atoms with Crippen molar-refractivity contribution in [2.45, 2.75) is 4.90 Å². The number of carboxylic acids is 1. The van der Waals surface area contributed by atoms with Crippen LogP contribution in [-0.2, 0) is 9.84 Å². The number of phenolic OH excluding ortho intramolecular Hbond substituents is 1. The summed E-state index contributed by atoms with van der Waals surface area (Å²) < 4.78 is 25.0. The topological polar surface area (TPSA) is 139 Å². The zero-order chi connectivity index (χ0) is 24.5. The summed E-state index contributed by atoms with van der Waals surface area (Å²) in [6, 6.07) is 18.2. The smallest absolute Gasteiger partial charge is 0.335 e. The second-order valence-corrected chi connectivity index (χ2v) is 9.47. The van der Waals surface area contributed by atoms with E-state index in [1.54, 1.807) is 42.5 Å². The summed E-state index contributed by atoms with van der Waals surface area (Å²) >= 11 is 0. The molecule has 1 heterocycles. The number of rotatable bonds is 6. The van der Waals surface area contributed by atoms with Gasteiger partial charge < -0.3 is 15.5 Å². The van der Waals surface area contributed by atoms with Crippen LogP contribution in [-0.4, -0.2) is 46.5 Å². The van der Waals surface area contributed by atoms with Gasteiger partial charge in [-0.3, -0.25) is 4.79 Å². The third-order valence-electron chi connectivity index (χ3n) is 5.05. The predicted octanol–water partition coefficient (Wildman–Crippen LogP) is 3.60. The van der Waals surface area contributed by atoms with Gasteiger partial charge in [-0.15, -0.1) is 0 Å². The number of aromatic hydroxyl groups is 1. The maximum Gasteiger partial charge on any atom is 0.335 e. The van der Waals surface area contributed by atoms with Crippen LogP contribution in [0.2, 0.25) is 0 Å². The fourth-order valence-electron chi connectivity index (χ4n) is 3.27. The molecular weight excluding hydrogens is 458 g/mol. The summed E-state index contributed by atoms with van der Waals surface area (Å²) in [7, 11) is -3.40. The molecule has 1 amide bonds. The normalized spacial score (nSPS) is 11.2. The fraction of sp³-hybridized carbons (Fsp3) is 0.0417. The van der Waals surface area contributed by atoms with E-state index >= 15 is 0 Å². The average molecular weight is 477 g/mol.